The molecular formula is H116P114. The highest BCUT2D eigenvalue weighted by Gasteiger charge is 2.69. The highest BCUT2D eigenvalue weighted by molar-refractivity contribution is 9.62. The topological polar surface area (TPSA) is 0 Å². The predicted octanol–water partition coefficient (Wildman–Crippen LogP) is 67.1. The number of hydrogen-bond donors (Lipinski definition) is 0. The van der Waals surface area contributed by atoms with Gasteiger partial charge in [-0.1, -0.05) is 0 Å². The fourth-order valence-electron chi connectivity index (χ4n) is 7.09. The Morgan fingerprint density at radius 1 is 0.0439 bits per heavy atom. The molecule has 0 aliphatic heterocycles. The Morgan fingerprint density at radius 2 is 0.0789 bits per heavy atom. The van der Waals surface area contributed by atoms with Gasteiger partial charge in [0.25, 0.3) is 0 Å². The van der Waals surface area contributed by atoms with Crippen LogP contribution < -0.4 is 0 Å². The van der Waals surface area contributed by atoms with Gasteiger partial charge in [-0.25, -0.2) is 0 Å². The van der Waals surface area contributed by atoms with Crippen LogP contribution in [0.5, 0.6) is 0 Å². The van der Waals surface area contributed by atoms with Crippen LogP contribution in [0.15, 0.2) is 0 Å². The van der Waals surface area contributed by atoms with Crippen molar-refractivity contribution in [3.05, 3.63) is 0 Å². The lowest BCUT2D eigenvalue weighted by Crippen LogP contribution is -1.78. The van der Waals surface area contributed by atoms with Gasteiger partial charge in [-0.15, -0.1) is 518 Å². The summed E-state index contributed by atoms with van der Waals surface area (Å²) in [5, 5.41) is 0. The zero-order valence-electron chi connectivity index (χ0n) is 58.5. The lowest BCUT2D eigenvalue weighted by molar-refractivity contribution is 4.28. The van der Waals surface area contributed by atoms with E-state index in [0.29, 0.717) is 0 Å². The molecule has 0 heterocycles. The first-order valence-corrected chi connectivity index (χ1v) is 234. The maximum atomic E-state index is 4.00. The van der Waals surface area contributed by atoms with Gasteiger partial charge < -0.3 is 0 Å². The molecule has 0 spiro atoms. The maximum absolute atomic E-state index is 4.00. The summed E-state index contributed by atoms with van der Waals surface area (Å²) in [6.07, 6.45) is 0. The Labute approximate surface area is 894 Å². The molecule has 686 valence electrons. The quantitative estimate of drug-likeness (QED) is 0.0533. The van der Waals surface area contributed by atoms with Gasteiger partial charge in [-0.3, -0.25) is 0 Å². The predicted molar refractivity (Wildman–Crippen MR) is 951 cm³/mol. The van der Waals surface area contributed by atoms with Crippen molar-refractivity contribution in [2.24, 2.45) is 0 Å². The third kappa shape index (κ3) is 57.0. The van der Waals surface area contributed by atoms with Crippen molar-refractivity contribution in [1.29, 1.82) is 0 Å². The summed E-state index contributed by atoms with van der Waals surface area (Å²) < 4.78 is 0. The third-order valence-electron chi connectivity index (χ3n) is 10.2. The summed E-state index contributed by atoms with van der Waals surface area (Å²) in [7, 11) is 225. The van der Waals surface area contributed by atoms with Crippen LogP contribution in [0.1, 0.15) is 0 Å². The number of hydrogen-bond acceptors (Lipinski definition) is 0. The van der Waals surface area contributed by atoms with E-state index in [1.54, 1.807) is 0 Å². The van der Waals surface area contributed by atoms with Crippen molar-refractivity contribution in [1.82, 2.24) is 0 Å². The minimum absolute atomic E-state index is 0.435. The van der Waals surface area contributed by atoms with Crippen molar-refractivity contribution in [2.75, 3.05) is 0 Å². The molecule has 0 rings (SSSR count). The minimum Gasteiger partial charge on any atom is -0.102 e. The first-order chi connectivity index (χ1) is 51.8. The minimum atomic E-state index is -0.769. The van der Waals surface area contributed by atoms with Gasteiger partial charge in [-0.2, -0.15) is 0 Å². The van der Waals surface area contributed by atoms with Crippen LogP contribution in [0.25, 0.3) is 0 Å². The monoisotopic (exact) mass is 3650 g/mol. The number of rotatable bonds is 55. The third-order valence-corrected chi connectivity index (χ3v) is 822. The molecule has 0 aliphatic rings. The van der Waals surface area contributed by atoms with Gasteiger partial charge >= 0.3 is 0 Å². The average molecular weight is 3650 g/mol. The molecule has 0 fully saturated rings. The van der Waals surface area contributed by atoms with E-state index in [9.17, 15) is 0 Å². The molecule has 114 heavy (non-hydrogen) atoms. The van der Waals surface area contributed by atoms with Crippen LogP contribution in [-0.4, -0.2) is 0 Å². The van der Waals surface area contributed by atoms with E-state index in [2.05, 4.69) is 518 Å². The van der Waals surface area contributed by atoms with Crippen LogP contribution in [-0.2, 0) is 0 Å². The molecule has 0 N–H and O–H groups in total. The lowest BCUT2D eigenvalue weighted by Gasteiger charge is -2.65. The van der Waals surface area contributed by atoms with Gasteiger partial charge in [0, 0.05) is 0 Å². The first kappa shape index (κ1) is 163. The van der Waals surface area contributed by atoms with E-state index < -0.39 is 391 Å². The second-order valence-corrected chi connectivity index (χ2v) is 493. The smallest absolute Gasteiger partial charge is 0.000000190 e. The van der Waals surface area contributed by atoms with Crippen molar-refractivity contribution in [3.8, 4) is 0 Å². The summed E-state index contributed by atoms with van der Waals surface area (Å²) in [6.45, 7) is -29.3. The molecule has 0 nitrogen and oxygen atoms in total. The van der Waals surface area contributed by atoms with E-state index in [-0.39, 0.29) is 0 Å². The van der Waals surface area contributed by atoms with E-state index in [1.807, 2.05) is 0 Å². The molecule has 0 bridgehead atoms. The Hall–Kier alpha value is 49.0. The molecule has 114 heteroatoms. The Morgan fingerprint density at radius 3 is 0.132 bits per heavy atom. The Kier molecular flexibility index (Phi) is 128. The van der Waals surface area contributed by atoms with Crippen molar-refractivity contribution in [2.45, 2.75) is 0 Å². The molecule has 0 aromatic rings. The molecule has 0 aliphatic carbocycles. The molecule has 0 saturated carbocycles. The van der Waals surface area contributed by atoms with E-state index in [1.165, 1.54) is 0 Å². The fraction of sp³-hybridized carbons (Fsp3) is 0. The second-order valence-electron chi connectivity index (χ2n) is 18.3. The van der Waals surface area contributed by atoms with Crippen LogP contribution in [0.4, 0.5) is 0 Å². The van der Waals surface area contributed by atoms with Crippen LogP contribution in [0.3, 0.4) is 0 Å². The molecule has 0 aromatic heterocycles. The van der Waals surface area contributed by atoms with Crippen molar-refractivity contribution < 1.29 is 0 Å². The van der Waals surface area contributed by atoms with Gasteiger partial charge in [0.2, 0.25) is 0 Å². The zero-order valence-corrected chi connectivity index (χ0v) is 176. The van der Waals surface area contributed by atoms with Gasteiger partial charge in [0.1, 0.15) is 0 Å². The molecule has 0 amide bonds. The van der Waals surface area contributed by atoms with Gasteiger partial charge in [0.15, 0.2) is 0 Å². The summed E-state index contributed by atoms with van der Waals surface area (Å²) >= 11 is 0. The SMILES string of the molecule is PP(P)P(P(P)P)P(P(P)P)P(P(P(P)P)P(P)P)P(P(P(P(P(P)P)P(P)P)P(P(P)P)P(P)P)P(P(P(P)P)P(P)P)P(P(P)P)P(P)P)P(P(P(P(P(P)P)P(P)P)P(P(P)P)P(P)P)P(P(P(P)P)P(P)P)P(P(P)P)P(P)P)P(P(P(P(P)P)P(P)P)P(P(P)P)P(P)P)P(P(P(P)P)P(P)P)P(P(P)P)P(P)P. The summed E-state index contributed by atoms with van der Waals surface area (Å²) in [5.74, 6) is 0. The highest BCUT2D eigenvalue weighted by Crippen LogP contribution is 3.56. The normalized spacial score (nSPS) is 15.5. The first-order valence-electron chi connectivity index (χ1n) is 26.0. The molecule has 0 radical (unpaired) electrons. The molecule has 0 aromatic carbocycles. The van der Waals surface area contributed by atoms with Gasteiger partial charge in [0.05, 0.1) is 0 Å². The fourth-order valence-corrected chi connectivity index (χ4v) is 1720. The largest absolute Gasteiger partial charge is 0.102 e. The van der Waals surface area contributed by atoms with E-state index >= 15 is 0 Å². The zero-order chi connectivity index (χ0) is 90.3. The van der Waals surface area contributed by atoms with Crippen molar-refractivity contribution in [3.63, 3.8) is 0 Å². The van der Waals surface area contributed by atoms with E-state index in [4.69, 9.17) is 0 Å². The average Bonchev–Trinajstić information content (AvgIpc) is 0.703. The summed E-state index contributed by atoms with van der Waals surface area (Å²) in [6, 6.07) is 0. The van der Waals surface area contributed by atoms with Crippen LogP contribution in [0, 0.1) is 0 Å². The second kappa shape index (κ2) is 89.2. The molecule has 61 atom stereocenters. The van der Waals surface area contributed by atoms with Crippen LogP contribution in [0.2, 0.25) is 0 Å². The lowest BCUT2D eigenvalue weighted by atomic mass is 28.3. The van der Waals surface area contributed by atoms with E-state index in [0.717, 1.165) is 0 Å². The van der Waals surface area contributed by atoms with Crippen LogP contribution >= 0.6 is 909 Å². The molecule has 61 unspecified atom stereocenters. The molecule has 0 saturated heterocycles. The summed E-state index contributed by atoms with van der Waals surface area (Å²) in [4.78, 5) is 0. The Balaban J connectivity index is 16.0. The highest BCUT2D eigenvalue weighted by atomic mass is 33.7. The Bertz CT molecular complexity index is 1970. The standard InChI is InChI=1S/H116P114/c1-59(2)88(60(3)4)102(87(57)58)109(101(85(53)54)86(55)56)113(110(103(89(61(5)6)62(7)8)90(63(9)10)64(11)12)104(91(65(13)14)66(15)16)92(67(17)18)68(19)20)114(111(105(93(69(21)22)70(23)24)94(71(25)26)72(27)28)106(95(73(29)30)74(31)32)96(75(33)34)76(35)36)112(107(97(77(37)38)78(39)40)98(79(41)42)80(43)44)108(99(81(45)46)82(47)48)100(83(49)50)84(51)52/h1-58H2. The van der Waals surface area contributed by atoms with Gasteiger partial charge in [-0.05, 0) is 391 Å². The van der Waals surface area contributed by atoms with Crippen molar-refractivity contribution >= 4 is 909 Å². The maximum Gasteiger partial charge on any atom is -0.000000190 e. The summed E-state index contributed by atoms with van der Waals surface area (Å²) in [5.41, 5.74) is 0. The molecular weight excluding hydrogens is 3530 g/mol.